The Hall–Kier alpha value is -1.61. The van der Waals surface area contributed by atoms with Gasteiger partial charge >= 0.3 is 0 Å². The molecule has 0 radical (unpaired) electrons. The first-order chi connectivity index (χ1) is 11.7. The molecule has 0 saturated heterocycles. The summed E-state index contributed by atoms with van der Waals surface area (Å²) in [6.07, 6.45) is 5.28. The number of nitrogens with one attached hydrogen (secondary N) is 1. The van der Waals surface area contributed by atoms with Gasteiger partial charge in [-0.05, 0) is 53.1 Å². The minimum atomic E-state index is 0.284. The second kappa shape index (κ2) is 7.98. The van der Waals surface area contributed by atoms with Crippen molar-refractivity contribution < 1.29 is 5.11 Å². The molecular formula is C16H17ClIN5O. The van der Waals surface area contributed by atoms with Crippen LogP contribution in [0.2, 0.25) is 0 Å². The number of hydrogen-bond donors (Lipinski definition) is 2. The molecule has 1 aromatic carbocycles. The minimum absolute atomic E-state index is 0.284. The number of halogens is 2. The van der Waals surface area contributed by atoms with Crippen molar-refractivity contribution >= 4 is 51.2 Å². The van der Waals surface area contributed by atoms with Crippen LogP contribution in [0, 0.1) is 3.57 Å². The highest BCUT2D eigenvalue weighted by molar-refractivity contribution is 14.1. The standard InChI is InChI=1S/C16H17ClIN5O/c17-5-1-2-6-23-10-22-14-15(20-9-21-16(14)23)19-8-11-3-4-12(18)13(24)7-11/h3-4,7,9-10,24H,1-2,5-6,8H2,(H,19,20,21). The maximum Gasteiger partial charge on any atom is 0.165 e. The zero-order valence-electron chi connectivity index (χ0n) is 12.9. The fraction of sp³-hybridized carbons (Fsp3) is 0.312. The van der Waals surface area contributed by atoms with E-state index < -0.39 is 0 Å². The normalized spacial score (nSPS) is 11.1. The van der Waals surface area contributed by atoms with Crippen molar-refractivity contribution in [1.82, 2.24) is 19.5 Å². The van der Waals surface area contributed by atoms with Crippen LogP contribution >= 0.6 is 34.2 Å². The molecule has 0 bridgehead atoms. The summed E-state index contributed by atoms with van der Waals surface area (Å²) in [7, 11) is 0. The summed E-state index contributed by atoms with van der Waals surface area (Å²) >= 11 is 7.82. The van der Waals surface area contributed by atoms with E-state index in [1.807, 2.05) is 16.7 Å². The zero-order valence-corrected chi connectivity index (χ0v) is 15.8. The van der Waals surface area contributed by atoms with Crippen LogP contribution in [0.5, 0.6) is 5.75 Å². The molecular weight excluding hydrogens is 441 g/mol. The number of hydrogen-bond acceptors (Lipinski definition) is 5. The molecule has 0 fully saturated rings. The fourth-order valence-electron chi connectivity index (χ4n) is 2.40. The molecule has 2 heterocycles. The van der Waals surface area contributed by atoms with Gasteiger partial charge in [0.25, 0.3) is 0 Å². The Kier molecular flexibility index (Phi) is 5.72. The molecule has 0 spiro atoms. The van der Waals surface area contributed by atoms with Crippen LogP contribution in [0.25, 0.3) is 11.2 Å². The molecule has 0 aliphatic carbocycles. The smallest absolute Gasteiger partial charge is 0.165 e. The van der Waals surface area contributed by atoms with Gasteiger partial charge in [0.05, 0.1) is 9.90 Å². The second-order valence-electron chi connectivity index (χ2n) is 5.37. The molecule has 126 valence electrons. The van der Waals surface area contributed by atoms with Gasteiger partial charge < -0.3 is 15.0 Å². The van der Waals surface area contributed by atoms with Gasteiger partial charge in [0.2, 0.25) is 0 Å². The number of alkyl halides is 1. The third-order valence-electron chi connectivity index (χ3n) is 3.65. The maximum atomic E-state index is 9.79. The summed E-state index contributed by atoms with van der Waals surface area (Å²) in [5, 5.41) is 13.1. The molecule has 0 atom stereocenters. The quantitative estimate of drug-likeness (QED) is 0.321. The monoisotopic (exact) mass is 457 g/mol. The van der Waals surface area contributed by atoms with Gasteiger partial charge in [-0.2, -0.15) is 0 Å². The van der Waals surface area contributed by atoms with Crippen LogP contribution < -0.4 is 5.32 Å². The Morgan fingerprint density at radius 2 is 2.08 bits per heavy atom. The van der Waals surface area contributed by atoms with Gasteiger partial charge in [0.15, 0.2) is 11.5 Å². The summed E-state index contributed by atoms with van der Waals surface area (Å²) in [4.78, 5) is 13.1. The van der Waals surface area contributed by atoms with E-state index in [0.29, 0.717) is 18.2 Å². The molecule has 2 N–H and O–H groups in total. The van der Waals surface area contributed by atoms with Crippen molar-refractivity contribution in [2.75, 3.05) is 11.2 Å². The van der Waals surface area contributed by atoms with Crippen LogP contribution in [0.15, 0.2) is 30.9 Å². The molecule has 6 nitrogen and oxygen atoms in total. The lowest BCUT2D eigenvalue weighted by atomic mass is 10.2. The average Bonchev–Trinajstić information content (AvgIpc) is 3.00. The fourth-order valence-corrected chi connectivity index (χ4v) is 2.93. The second-order valence-corrected chi connectivity index (χ2v) is 6.91. The van der Waals surface area contributed by atoms with Crippen molar-refractivity contribution in [3.05, 3.63) is 40.0 Å². The number of unbranched alkanes of at least 4 members (excludes halogenated alkanes) is 1. The highest BCUT2D eigenvalue weighted by Gasteiger charge is 2.10. The van der Waals surface area contributed by atoms with E-state index in [2.05, 4.69) is 42.9 Å². The summed E-state index contributed by atoms with van der Waals surface area (Å²) in [6, 6.07) is 5.60. The van der Waals surface area contributed by atoms with Crippen molar-refractivity contribution in [1.29, 1.82) is 0 Å². The van der Waals surface area contributed by atoms with E-state index >= 15 is 0 Å². The predicted octanol–water partition coefficient (Wildman–Crippen LogP) is 3.77. The van der Waals surface area contributed by atoms with Gasteiger partial charge in [-0.1, -0.05) is 6.07 Å². The van der Waals surface area contributed by atoms with Crippen molar-refractivity contribution in [3.63, 3.8) is 0 Å². The highest BCUT2D eigenvalue weighted by atomic mass is 127. The number of phenolic OH excluding ortho intramolecular Hbond substituents is 1. The van der Waals surface area contributed by atoms with Crippen LogP contribution in [-0.2, 0) is 13.1 Å². The Morgan fingerprint density at radius 3 is 2.88 bits per heavy atom. The summed E-state index contributed by atoms with van der Waals surface area (Å²) in [5.74, 6) is 1.64. The molecule has 3 aromatic rings. The van der Waals surface area contributed by atoms with Crippen LogP contribution in [-0.4, -0.2) is 30.5 Å². The van der Waals surface area contributed by atoms with Gasteiger partial charge in [-0.25, -0.2) is 15.0 Å². The van der Waals surface area contributed by atoms with E-state index in [9.17, 15) is 5.11 Å². The number of fused-ring (bicyclic) bond motifs is 1. The molecule has 0 aliphatic heterocycles. The van der Waals surface area contributed by atoms with E-state index in [1.165, 1.54) is 6.33 Å². The summed E-state index contributed by atoms with van der Waals surface area (Å²) in [5.41, 5.74) is 2.53. The Bertz CT molecular complexity index is 838. The Labute approximate surface area is 158 Å². The number of aromatic hydroxyl groups is 1. The lowest BCUT2D eigenvalue weighted by molar-refractivity contribution is 0.471. The first-order valence-electron chi connectivity index (χ1n) is 7.62. The molecule has 0 aliphatic rings. The lowest BCUT2D eigenvalue weighted by Gasteiger charge is -2.08. The van der Waals surface area contributed by atoms with Crippen LogP contribution in [0.4, 0.5) is 5.82 Å². The Balaban J connectivity index is 1.76. The molecule has 0 amide bonds. The first kappa shape index (κ1) is 17.2. The number of rotatable bonds is 7. The SMILES string of the molecule is Oc1cc(CNc2ncnc3c2ncn3CCCCCl)ccc1I. The van der Waals surface area contributed by atoms with Crippen molar-refractivity contribution in [3.8, 4) is 5.75 Å². The number of phenols is 1. The summed E-state index contributed by atoms with van der Waals surface area (Å²) in [6.45, 7) is 1.39. The maximum absolute atomic E-state index is 9.79. The lowest BCUT2D eigenvalue weighted by Crippen LogP contribution is -2.04. The van der Waals surface area contributed by atoms with Gasteiger partial charge in [-0.3, -0.25) is 0 Å². The topological polar surface area (TPSA) is 75.9 Å². The third kappa shape index (κ3) is 3.89. The Morgan fingerprint density at radius 1 is 1.21 bits per heavy atom. The van der Waals surface area contributed by atoms with E-state index in [0.717, 1.165) is 39.7 Å². The number of imidazole rings is 1. The molecule has 24 heavy (non-hydrogen) atoms. The molecule has 0 saturated carbocycles. The van der Waals surface area contributed by atoms with Crippen molar-refractivity contribution in [2.45, 2.75) is 25.9 Å². The highest BCUT2D eigenvalue weighted by Crippen LogP contribution is 2.22. The largest absolute Gasteiger partial charge is 0.507 e. The number of anilines is 1. The third-order valence-corrected chi connectivity index (χ3v) is 4.83. The molecule has 3 rings (SSSR count). The van der Waals surface area contributed by atoms with E-state index in [-0.39, 0.29) is 5.75 Å². The minimum Gasteiger partial charge on any atom is -0.507 e. The number of aromatic nitrogens is 4. The zero-order chi connectivity index (χ0) is 16.9. The number of nitrogens with zero attached hydrogens (tertiary/aromatic N) is 4. The number of aryl methyl sites for hydroxylation is 1. The van der Waals surface area contributed by atoms with E-state index in [4.69, 9.17) is 11.6 Å². The van der Waals surface area contributed by atoms with E-state index in [1.54, 1.807) is 12.4 Å². The van der Waals surface area contributed by atoms with Gasteiger partial charge in [-0.15, -0.1) is 11.6 Å². The summed E-state index contributed by atoms with van der Waals surface area (Å²) < 4.78 is 2.85. The molecule has 0 unspecified atom stereocenters. The average molecular weight is 458 g/mol. The molecule has 2 aromatic heterocycles. The predicted molar refractivity (Wildman–Crippen MR) is 103 cm³/mol. The van der Waals surface area contributed by atoms with Crippen LogP contribution in [0.1, 0.15) is 18.4 Å². The van der Waals surface area contributed by atoms with Crippen LogP contribution in [0.3, 0.4) is 0 Å². The van der Waals surface area contributed by atoms with Crippen molar-refractivity contribution in [2.24, 2.45) is 0 Å². The number of benzene rings is 1. The van der Waals surface area contributed by atoms with Gasteiger partial charge in [0, 0.05) is 19.0 Å². The first-order valence-corrected chi connectivity index (χ1v) is 9.23. The van der Waals surface area contributed by atoms with Gasteiger partial charge in [0.1, 0.15) is 17.6 Å². The molecule has 8 heteroatoms.